The lowest BCUT2D eigenvalue weighted by atomic mass is 9.66. The van der Waals surface area contributed by atoms with Gasteiger partial charge in [0.25, 0.3) is 0 Å². The zero-order valence-electron chi connectivity index (χ0n) is 21.3. The Bertz CT molecular complexity index is 969. The summed E-state index contributed by atoms with van der Waals surface area (Å²) in [5, 5.41) is 20.5. The van der Waals surface area contributed by atoms with Gasteiger partial charge in [-0.2, -0.15) is 0 Å². The van der Waals surface area contributed by atoms with Gasteiger partial charge < -0.3 is 24.4 Å². The number of hydrogen-bond acceptors (Lipinski definition) is 7. The van der Waals surface area contributed by atoms with E-state index in [-0.39, 0.29) is 42.2 Å². The van der Waals surface area contributed by atoms with Crippen molar-refractivity contribution in [3.63, 3.8) is 0 Å². The van der Waals surface area contributed by atoms with Crippen LogP contribution in [0.3, 0.4) is 0 Å². The molecule has 0 amide bonds. The van der Waals surface area contributed by atoms with Gasteiger partial charge in [0.15, 0.2) is 6.10 Å². The number of benzene rings is 1. The normalized spacial score (nSPS) is 32.8. The number of allylic oxidation sites excluding steroid dienone is 2. The van der Waals surface area contributed by atoms with Gasteiger partial charge in [0.2, 0.25) is 0 Å². The van der Waals surface area contributed by atoms with Crippen LogP contribution in [0.5, 0.6) is 5.75 Å². The summed E-state index contributed by atoms with van der Waals surface area (Å²) < 4.78 is 17.6. The van der Waals surface area contributed by atoms with Crippen LogP contribution in [-0.2, 0) is 19.1 Å². The minimum Gasteiger partial charge on any atom is -0.478 e. The van der Waals surface area contributed by atoms with Crippen LogP contribution in [0.4, 0.5) is 0 Å². The molecule has 2 N–H and O–H groups in total. The number of para-hydroxylation sites is 1. The number of esters is 2. The summed E-state index contributed by atoms with van der Waals surface area (Å²) in [6, 6.07) is 9.23. The SMILES string of the molecule is CC(C)C(Oc1ccccc1)C(=O)O[C@H]1C[C@H](O)C=C2C=C[C@H](C)[C@H](CC[C@@H]3C[C@@H](O)CC(=O)O3)[C@H]21. The molecular formula is C29H38O7. The molecule has 1 heterocycles. The highest BCUT2D eigenvalue weighted by Gasteiger charge is 2.43. The lowest BCUT2D eigenvalue weighted by Crippen LogP contribution is -2.45. The molecule has 3 aliphatic rings. The van der Waals surface area contributed by atoms with E-state index < -0.39 is 30.4 Å². The van der Waals surface area contributed by atoms with E-state index in [1.165, 1.54) is 0 Å². The number of aliphatic hydroxyl groups is 2. The van der Waals surface area contributed by atoms with Crippen LogP contribution in [0.2, 0.25) is 0 Å². The highest BCUT2D eigenvalue weighted by atomic mass is 16.6. The molecule has 7 nitrogen and oxygen atoms in total. The lowest BCUT2D eigenvalue weighted by molar-refractivity contribution is -0.166. The summed E-state index contributed by atoms with van der Waals surface area (Å²) in [5.74, 6) is -0.0140. The molecule has 2 aliphatic carbocycles. The molecule has 0 radical (unpaired) electrons. The molecule has 0 saturated carbocycles. The molecule has 0 spiro atoms. The largest absolute Gasteiger partial charge is 0.478 e. The van der Waals surface area contributed by atoms with Crippen molar-refractivity contribution in [1.29, 1.82) is 0 Å². The van der Waals surface area contributed by atoms with Crippen LogP contribution in [-0.4, -0.2) is 52.7 Å². The topological polar surface area (TPSA) is 102 Å². The molecule has 1 fully saturated rings. The predicted octanol–water partition coefficient (Wildman–Crippen LogP) is 3.98. The molecule has 1 aromatic carbocycles. The molecule has 4 rings (SSSR count). The minimum atomic E-state index is -0.767. The van der Waals surface area contributed by atoms with Crippen molar-refractivity contribution in [2.24, 2.45) is 23.7 Å². The van der Waals surface area contributed by atoms with Gasteiger partial charge in [-0.3, -0.25) is 4.79 Å². The average Bonchev–Trinajstić information content (AvgIpc) is 2.82. The summed E-state index contributed by atoms with van der Waals surface area (Å²) >= 11 is 0. The van der Waals surface area contributed by atoms with Crippen molar-refractivity contribution >= 4 is 11.9 Å². The van der Waals surface area contributed by atoms with Gasteiger partial charge in [0.1, 0.15) is 18.0 Å². The fourth-order valence-electron chi connectivity index (χ4n) is 5.72. The fraction of sp³-hybridized carbons (Fsp3) is 0.586. The Labute approximate surface area is 213 Å². The van der Waals surface area contributed by atoms with Crippen molar-refractivity contribution in [2.75, 3.05) is 0 Å². The van der Waals surface area contributed by atoms with Crippen molar-refractivity contribution < 1.29 is 34.0 Å². The van der Waals surface area contributed by atoms with Crippen LogP contribution in [0.25, 0.3) is 0 Å². The van der Waals surface area contributed by atoms with Crippen LogP contribution in [0.15, 0.2) is 54.1 Å². The third-order valence-corrected chi connectivity index (χ3v) is 7.54. The molecule has 1 aliphatic heterocycles. The molecule has 0 bridgehead atoms. The van der Waals surface area contributed by atoms with Gasteiger partial charge >= 0.3 is 11.9 Å². The monoisotopic (exact) mass is 498 g/mol. The third-order valence-electron chi connectivity index (χ3n) is 7.54. The fourth-order valence-corrected chi connectivity index (χ4v) is 5.72. The Balaban J connectivity index is 1.49. The zero-order chi connectivity index (χ0) is 25.8. The van der Waals surface area contributed by atoms with Crippen LogP contribution in [0, 0.1) is 23.7 Å². The maximum Gasteiger partial charge on any atom is 0.347 e. The Morgan fingerprint density at radius 2 is 1.89 bits per heavy atom. The molecule has 36 heavy (non-hydrogen) atoms. The van der Waals surface area contributed by atoms with Crippen LogP contribution in [0.1, 0.15) is 52.9 Å². The second kappa shape index (κ2) is 11.6. The first-order valence-corrected chi connectivity index (χ1v) is 13.1. The molecular weight excluding hydrogens is 460 g/mol. The summed E-state index contributed by atoms with van der Waals surface area (Å²) in [7, 11) is 0. The average molecular weight is 499 g/mol. The van der Waals surface area contributed by atoms with E-state index in [2.05, 4.69) is 13.0 Å². The first-order chi connectivity index (χ1) is 17.2. The standard InChI is InChI=1S/C29H38O7/c1-17(2)28(35-22-7-5-4-6-8-22)29(33)36-25-15-20(30)13-19-10-9-18(3)24(27(19)25)12-11-23-14-21(31)16-26(32)34-23/h4-10,13,17-18,20-21,23-25,27-28,30-31H,11-12,14-16H2,1-3H3/t18-,20+,21+,23+,24-,25-,27-,28?/m0/s1. The highest BCUT2D eigenvalue weighted by Crippen LogP contribution is 2.44. The zero-order valence-corrected chi connectivity index (χ0v) is 21.3. The van der Waals surface area contributed by atoms with E-state index in [9.17, 15) is 19.8 Å². The summed E-state index contributed by atoms with van der Waals surface area (Å²) in [5.41, 5.74) is 0.973. The molecule has 196 valence electrons. The van der Waals surface area contributed by atoms with Gasteiger partial charge in [0, 0.05) is 24.7 Å². The summed E-state index contributed by atoms with van der Waals surface area (Å²) in [4.78, 5) is 25.1. The Kier molecular flexibility index (Phi) is 8.52. The molecule has 1 unspecified atom stereocenters. The van der Waals surface area contributed by atoms with E-state index in [0.29, 0.717) is 25.0 Å². The van der Waals surface area contributed by atoms with E-state index in [4.69, 9.17) is 14.2 Å². The summed E-state index contributed by atoms with van der Waals surface area (Å²) in [6.07, 6.45) is 5.27. The van der Waals surface area contributed by atoms with E-state index in [0.717, 1.165) is 12.0 Å². The second-order valence-corrected chi connectivity index (χ2v) is 10.7. The van der Waals surface area contributed by atoms with Crippen molar-refractivity contribution in [3.05, 3.63) is 54.1 Å². The number of ether oxygens (including phenoxy) is 3. The number of aliphatic hydroxyl groups excluding tert-OH is 2. The van der Waals surface area contributed by atoms with Crippen molar-refractivity contribution in [3.8, 4) is 5.75 Å². The van der Waals surface area contributed by atoms with Gasteiger partial charge in [0.05, 0.1) is 18.6 Å². The number of cyclic esters (lactones) is 1. The Hall–Kier alpha value is -2.64. The maximum absolute atomic E-state index is 13.4. The Morgan fingerprint density at radius 1 is 1.14 bits per heavy atom. The Morgan fingerprint density at radius 3 is 2.58 bits per heavy atom. The van der Waals surface area contributed by atoms with Crippen LogP contribution < -0.4 is 4.74 Å². The third kappa shape index (κ3) is 6.37. The number of rotatable bonds is 8. The molecule has 8 atom stereocenters. The van der Waals surface area contributed by atoms with E-state index in [1.807, 2.05) is 56.3 Å². The van der Waals surface area contributed by atoms with Gasteiger partial charge in [-0.25, -0.2) is 4.79 Å². The van der Waals surface area contributed by atoms with E-state index in [1.54, 1.807) is 0 Å². The van der Waals surface area contributed by atoms with Crippen LogP contribution >= 0.6 is 0 Å². The van der Waals surface area contributed by atoms with Crippen molar-refractivity contribution in [1.82, 2.24) is 0 Å². The first-order valence-electron chi connectivity index (χ1n) is 13.1. The first kappa shape index (κ1) is 26.4. The molecule has 0 aromatic heterocycles. The molecule has 1 saturated heterocycles. The van der Waals surface area contributed by atoms with E-state index >= 15 is 0 Å². The van der Waals surface area contributed by atoms with Gasteiger partial charge in [-0.1, -0.05) is 57.2 Å². The molecule has 1 aromatic rings. The number of carbonyl (C=O) groups excluding carboxylic acids is 2. The summed E-state index contributed by atoms with van der Waals surface area (Å²) in [6.45, 7) is 5.98. The van der Waals surface area contributed by atoms with Crippen molar-refractivity contribution in [2.45, 2.75) is 83.4 Å². The number of carbonyl (C=O) groups is 2. The smallest absolute Gasteiger partial charge is 0.347 e. The minimum absolute atomic E-state index is 0.0482. The second-order valence-electron chi connectivity index (χ2n) is 10.7. The van der Waals surface area contributed by atoms with Gasteiger partial charge in [-0.05, 0) is 42.4 Å². The quantitative estimate of drug-likeness (QED) is 0.523. The number of fused-ring (bicyclic) bond motifs is 1. The highest BCUT2D eigenvalue weighted by molar-refractivity contribution is 5.75. The lowest BCUT2D eigenvalue weighted by Gasteiger charge is -2.43. The predicted molar refractivity (Wildman–Crippen MR) is 134 cm³/mol. The maximum atomic E-state index is 13.4. The van der Waals surface area contributed by atoms with Gasteiger partial charge in [-0.15, -0.1) is 0 Å². The molecule has 7 heteroatoms. The number of hydrogen-bond donors (Lipinski definition) is 2.